The molecule has 1 saturated heterocycles. The predicted octanol–water partition coefficient (Wildman–Crippen LogP) is 1.24. The van der Waals surface area contributed by atoms with Crippen molar-refractivity contribution < 1.29 is 13.6 Å². The summed E-state index contributed by atoms with van der Waals surface area (Å²) >= 11 is 0. The van der Waals surface area contributed by atoms with Gasteiger partial charge in [-0.3, -0.25) is 4.79 Å². The van der Waals surface area contributed by atoms with Crippen LogP contribution in [-0.2, 0) is 4.79 Å². The minimum Gasteiger partial charge on any atom is -0.322 e. The van der Waals surface area contributed by atoms with Crippen LogP contribution in [0.5, 0.6) is 0 Å². The molecule has 6 heteroatoms. The Labute approximate surface area is 110 Å². The number of hydrogen-bond donors (Lipinski definition) is 3. The number of benzene rings is 1. The number of hydrogen-bond acceptors (Lipinski definition) is 3. The van der Waals surface area contributed by atoms with E-state index in [0.29, 0.717) is 0 Å². The van der Waals surface area contributed by atoms with E-state index < -0.39 is 17.5 Å². The second kappa shape index (κ2) is 5.63. The maximum Gasteiger partial charge on any atom is 0.238 e. The van der Waals surface area contributed by atoms with Crippen LogP contribution in [0.15, 0.2) is 18.2 Å². The van der Waals surface area contributed by atoms with Gasteiger partial charge in [0, 0.05) is 18.2 Å². The van der Waals surface area contributed by atoms with Crippen LogP contribution in [0.2, 0.25) is 0 Å². The molecule has 1 aliphatic rings. The lowest BCUT2D eigenvalue weighted by atomic mass is 10.0. The standard InChI is InChI=1S/C13H17F2N3O/c1-13(4-5-16-8-13)17-7-12(19)18-11-6-9(14)2-3-10(11)15/h2-3,6,16-17H,4-5,7-8H2,1H3,(H,18,19). The molecule has 1 heterocycles. The lowest BCUT2D eigenvalue weighted by Gasteiger charge is -2.24. The van der Waals surface area contributed by atoms with Crippen molar-refractivity contribution in [3.63, 3.8) is 0 Å². The maximum atomic E-state index is 13.3. The van der Waals surface area contributed by atoms with Gasteiger partial charge < -0.3 is 16.0 Å². The van der Waals surface area contributed by atoms with Gasteiger partial charge in [-0.15, -0.1) is 0 Å². The number of amides is 1. The number of nitrogens with one attached hydrogen (secondary N) is 3. The molecule has 1 fully saturated rings. The van der Waals surface area contributed by atoms with E-state index in [1.54, 1.807) is 0 Å². The van der Waals surface area contributed by atoms with Crippen molar-refractivity contribution in [3.8, 4) is 0 Å². The summed E-state index contributed by atoms with van der Waals surface area (Å²) in [5.74, 6) is -1.63. The van der Waals surface area contributed by atoms with Crippen LogP contribution in [0, 0.1) is 11.6 Å². The van der Waals surface area contributed by atoms with E-state index >= 15 is 0 Å². The highest BCUT2D eigenvalue weighted by atomic mass is 19.1. The molecule has 1 aromatic carbocycles. The highest BCUT2D eigenvalue weighted by Gasteiger charge is 2.28. The Balaban J connectivity index is 1.89. The highest BCUT2D eigenvalue weighted by molar-refractivity contribution is 5.92. The predicted molar refractivity (Wildman–Crippen MR) is 68.9 cm³/mol. The minimum absolute atomic E-state index is 0.0636. The fourth-order valence-electron chi connectivity index (χ4n) is 2.05. The summed E-state index contributed by atoms with van der Waals surface area (Å²) in [7, 11) is 0. The van der Waals surface area contributed by atoms with Gasteiger partial charge in [-0.05, 0) is 32.0 Å². The van der Waals surface area contributed by atoms with Gasteiger partial charge >= 0.3 is 0 Å². The molecular formula is C13H17F2N3O. The van der Waals surface area contributed by atoms with Crippen molar-refractivity contribution >= 4 is 11.6 Å². The van der Waals surface area contributed by atoms with E-state index in [1.165, 1.54) is 0 Å². The summed E-state index contributed by atoms with van der Waals surface area (Å²) in [6.07, 6.45) is 0.925. The molecule has 1 unspecified atom stereocenters. The maximum absolute atomic E-state index is 13.3. The van der Waals surface area contributed by atoms with Gasteiger partial charge in [0.2, 0.25) is 5.91 Å². The van der Waals surface area contributed by atoms with E-state index in [-0.39, 0.29) is 17.8 Å². The summed E-state index contributed by atoms with van der Waals surface area (Å²) in [6.45, 7) is 3.77. The molecule has 0 aromatic heterocycles. The summed E-state index contributed by atoms with van der Waals surface area (Å²) in [6, 6.07) is 2.96. The van der Waals surface area contributed by atoms with Gasteiger partial charge in [0.1, 0.15) is 11.6 Å². The van der Waals surface area contributed by atoms with Gasteiger partial charge in [0.05, 0.1) is 12.2 Å². The first-order valence-corrected chi connectivity index (χ1v) is 6.19. The Kier molecular flexibility index (Phi) is 4.11. The van der Waals surface area contributed by atoms with Gasteiger partial charge in [0.25, 0.3) is 0 Å². The molecule has 4 nitrogen and oxygen atoms in total. The summed E-state index contributed by atoms with van der Waals surface area (Å²) in [5, 5.41) is 8.68. The number of anilines is 1. The Morgan fingerprint density at radius 2 is 2.26 bits per heavy atom. The topological polar surface area (TPSA) is 53.2 Å². The van der Waals surface area contributed by atoms with Crippen molar-refractivity contribution in [2.24, 2.45) is 0 Å². The second-order valence-electron chi connectivity index (χ2n) is 5.01. The first-order chi connectivity index (χ1) is 8.98. The SMILES string of the molecule is CC1(NCC(=O)Nc2cc(F)ccc2F)CCNC1. The highest BCUT2D eigenvalue weighted by Crippen LogP contribution is 2.15. The Morgan fingerprint density at radius 3 is 2.95 bits per heavy atom. The molecule has 2 rings (SSSR count). The first kappa shape index (κ1) is 13.9. The molecule has 1 aromatic rings. The van der Waals surface area contributed by atoms with Crippen LogP contribution in [0.25, 0.3) is 0 Å². The largest absolute Gasteiger partial charge is 0.322 e. The summed E-state index contributed by atoms with van der Waals surface area (Å²) in [5.41, 5.74) is -0.265. The molecule has 0 saturated carbocycles. The number of halogens is 2. The van der Waals surface area contributed by atoms with Crippen molar-refractivity contribution in [2.75, 3.05) is 25.0 Å². The average Bonchev–Trinajstić information content (AvgIpc) is 2.79. The zero-order valence-corrected chi connectivity index (χ0v) is 10.7. The number of rotatable bonds is 4. The molecule has 3 N–H and O–H groups in total. The zero-order chi connectivity index (χ0) is 13.9. The fraction of sp³-hybridized carbons (Fsp3) is 0.462. The number of carbonyl (C=O) groups excluding carboxylic acids is 1. The molecule has 1 aliphatic heterocycles. The molecule has 104 valence electrons. The Bertz CT molecular complexity index is 473. The van der Waals surface area contributed by atoms with Gasteiger partial charge in [-0.25, -0.2) is 8.78 Å². The van der Waals surface area contributed by atoms with Crippen LogP contribution < -0.4 is 16.0 Å². The Hall–Kier alpha value is -1.53. The smallest absolute Gasteiger partial charge is 0.238 e. The molecule has 0 spiro atoms. The van der Waals surface area contributed by atoms with Crippen molar-refractivity contribution in [1.82, 2.24) is 10.6 Å². The quantitative estimate of drug-likeness (QED) is 0.771. The Morgan fingerprint density at radius 1 is 1.47 bits per heavy atom. The van der Waals surface area contributed by atoms with E-state index in [9.17, 15) is 13.6 Å². The van der Waals surface area contributed by atoms with Crippen LogP contribution in [0.1, 0.15) is 13.3 Å². The van der Waals surface area contributed by atoms with Crippen LogP contribution in [0.3, 0.4) is 0 Å². The molecule has 0 aliphatic carbocycles. The normalized spacial score (nSPS) is 22.5. The van der Waals surface area contributed by atoms with E-state index in [1.807, 2.05) is 6.92 Å². The van der Waals surface area contributed by atoms with Crippen molar-refractivity contribution in [1.29, 1.82) is 0 Å². The molecule has 19 heavy (non-hydrogen) atoms. The first-order valence-electron chi connectivity index (χ1n) is 6.19. The van der Waals surface area contributed by atoms with Crippen molar-refractivity contribution in [2.45, 2.75) is 18.9 Å². The third kappa shape index (κ3) is 3.71. The van der Waals surface area contributed by atoms with Crippen LogP contribution >= 0.6 is 0 Å². The van der Waals surface area contributed by atoms with Gasteiger partial charge in [-0.1, -0.05) is 0 Å². The summed E-state index contributed by atoms with van der Waals surface area (Å²) < 4.78 is 26.3. The molecule has 0 radical (unpaired) electrons. The van der Waals surface area contributed by atoms with Crippen LogP contribution in [0.4, 0.5) is 14.5 Å². The monoisotopic (exact) mass is 269 g/mol. The van der Waals surface area contributed by atoms with E-state index in [0.717, 1.165) is 37.7 Å². The molecular weight excluding hydrogens is 252 g/mol. The molecule has 0 bridgehead atoms. The fourth-order valence-corrected chi connectivity index (χ4v) is 2.05. The van der Waals surface area contributed by atoms with Gasteiger partial charge in [-0.2, -0.15) is 0 Å². The van der Waals surface area contributed by atoms with Crippen LogP contribution in [-0.4, -0.2) is 31.1 Å². The van der Waals surface area contributed by atoms with E-state index in [4.69, 9.17) is 0 Å². The molecule has 1 atom stereocenters. The van der Waals surface area contributed by atoms with E-state index in [2.05, 4.69) is 16.0 Å². The second-order valence-corrected chi connectivity index (χ2v) is 5.01. The lowest BCUT2D eigenvalue weighted by Crippen LogP contribution is -2.47. The third-order valence-electron chi connectivity index (χ3n) is 3.25. The van der Waals surface area contributed by atoms with Gasteiger partial charge in [0.15, 0.2) is 0 Å². The minimum atomic E-state index is -0.650. The molecule has 1 amide bonds. The zero-order valence-electron chi connectivity index (χ0n) is 10.7. The third-order valence-corrected chi connectivity index (χ3v) is 3.25. The number of carbonyl (C=O) groups is 1. The summed E-state index contributed by atoms with van der Waals surface area (Å²) in [4.78, 5) is 11.7. The lowest BCUT2D eigenvalue weighted by molar-refractivity contribution is -0.115. The van der Waals surface area contributed by atoms with Crippen molar-refractivity contribution in [3.05, 3.63) is 29.8 Å². The average molecular weight is 269 g/mol.